The van der Waals surface area contributed by atoms with Gasteiger partial charge in [-0.2, -0.15) is 0 Å². The van der Waals surface area contributed by atoms with Crippen molar-refractivity contribution in [2.45, 2.75) is 31.2 Å². The Morgan fingerprint density at radius 1 is 1.10 bits per heavy atom. The van der Waals surface area contributed by atoms with E-state index in [0.29, 0.717) is 16.5 Å². The molecule has 1 unspecified atom stereocenters. The molecule has 1 saturated carbocycles. The third-order valence-corrected chi connectivity index (χ3v) is 4.40. The molecule has 0 aliphatic heterocycles. The van der Waals surface area contributed by atoms with Crippen molar-refractivity contribution in [2.24, 2.45) is 5.73 Å². The predicted molar refractivity (Wildman–Crippen MR) is 80.5 cm³/mol. The number of rotatable bonds is 3. The van der Waals surface area contributed by atoms with E-state index in [4.69, 9.17) is 17.3 Å². The Labute approximate surface area is 123 Å². The number of halogens is 2. The number of benzene rings is 2. The second kappa shape index (κ2) is 5.55. The monoisotopic (exact) mass is 289 g/mol. The van der Waals surface area contributed by atoms with Crippen LogP contribution in [0.15, 0.2) is 42.5 Å². The Morgan fingerprint density at radius 3 is 2.55 bits per heavy atom. The lowest BCUT2D eigenvalue weighted by atomic mass is 9.76. The summed E-state index contributed by atoms with van der Waals surface area (Å²) >= 11 is 5.97. The molecule has 104 valence electrons. The smallest absolute Gasteiger partial charge is 0.128 e. The van der Waals surface area contributed by atoms with Crippen molar-refractivity contribution in [3.8, 4) is 0 Å². The number of hydrogen-bond acceptors (Lipinski definition) is 1. The summed E-state index contributed by atoms with van der Waals surface area (Å²) in [6, 6.07) is 12.2. The average Bonchev–Trinajstić information content (AvgIpc) is 2.39. The minimum atomic E-state index is -0.467. The van der Waals surface area contributed by atoms with Gasteiger partial charge in [0.2, 0.25) is 0 Å². The third-order valence-electron chi connectivity index (χ3n) is 4.17. The van der Waals surface area contributed by atoms with E-state index in [1.165, 1.54) is 30.9 Å². The van der Waals surface area contributed by atoms with Crippen LogP contribution in [0.25, 0.3) is 0 Å². The molecule has 0 heterocycles. The van der Waals surface area contributed by atoms with Gasteiger partial charge in [0.25, 0.3) is 0 Å². The summed E-state index contributed by atoms with van der Waals surface area (Å²) in [5.74, 6) is 0.268. The van der Waals surface area contributed by atoms with Crippen molar-refractivity contribution < 1.29 is 4.39 Å². The van der Waals surface area contributed by atoms with Crippen LogP contribution in [0.5, 0.6) is 0 Å². The summed E-state index contributed by atoms with van der Waals surface area (Å²) in [6.45, 7) is 0. The van der Waals surface area contributed by atoms with E-state index in [9.17, 15) is 4.39 Å². The van der Waals surface area contributed by atoms with Gasteiger partial charge in [-0.3, -0.25) is 0 Å². The lowest BCUT2D eigenvalue weighted by Crippen LogP contribution is -2.19. The minimum Gasteiger partial charge on any atom is -0.320 e. The van der Waals surface area contributed by atoms with E-state index in [1.54, 1.807) is 12.1 Å². The summed E-state index contributed by atoms with van der Waals surface area (Å²) < 4.78 is 14.0. The van der Waals surface area contributed by atoms with Gasteiger partial charge in [-0.15, -0.1) is 0 Å². The van der Waals surface area contributed by atoms with Crippen molar-refractivity contribution in [3.05, 3.63) is 70.0 Å². The largest absolute Gasteiger partial charge is 0.320 e. The zero-order valence-electron chi connectivity index (χ0n) is 11.2. The van der Waals surface area contributed by atoms with Crippen LogP contribution in [0.1, 0.15) is 47.9 Å². The molecule has 2 aromatic carbocycles. The predicted octanol–water partition coefficient (Wildman–Crippen LogP) is 4.79. The molecular weight excluding hydrogens is 273 g/mol. The molecule has 0 saturated heterocycles. The van der Waals surface area contributed by atoms with Crippen molar-refractivity contribution in [1.82, 2.24) is 0 Å². The van der Waals surface area contributed by atoms with Gasteiger partial charge in [0.05, 0.1) is 6.04 Å². The molecule has 1 aliphatic carbocycles. The maximum absolute atomic E-state index is 14.0. The lowest BCUT2D eigenvalue weighted by Gasteiger charge is -2.29. The zero-order chi connectivity index (χ0) is 14.1. The van der Waals surface area contributed by atoms with Crippen LogP contribution in [0, 0.1) is 5.82 Å². The average molecular weight is 290 g/mol. The molecule has 20 heavy (non-hydrogen) atoms. The van der Waals surface area contributed by atoms with Gasteiger partial charge in [-0.1, -0.05) is 42.3 Å². The van der Waals surface area contributed by atoms with E-state index in [1.807, 2.05) is 18.2 Å². The highest BCUT2D eigenvalue weighted by Gasteiger charge is 2.25. The van der Waals surface area contributed by atoms with Gasteiger partial charge in [-0.05, 0) is 48.1 Å². The van der Waals surface area contributed by atoms with E-state index in [2.05, 4.69) is 6.07 Å². The van der Waals surface area contributed by atoms with Gasteiger partial charge < -0.3 is 5.73 Å². The summed E-state index contributed by atoms with van der Waals surface area (Å²) in [5.41, 5.74) is 9.03. The Kier molecular flexibility index (Phi) is 3.77. The fraction of sp³-hybridized carbons (Fsp3) is 0.294. The first-order valence-corrected chi connectivity index (χ1v) is 7.34. The first-order chi connectivity index (χ1) is 9.66. The Hall–Kier alpha value is -1.38. The molecule has 1 aliphatic rings. The number of nitrogens with two attached hydrogens (primary N) is 1. The van der Waals surface area contributed by atoms with Crippen LogP contribution >= 0.6 is 11.6 Å². The van der Waals surface area contributed by atoms with Gasteiger partial charge in [0.15, 0.2) is 0 Å². The molecule has 3 heteroatoms. The van der Waals surface area contributed by atoms with Crippen molar-refractivity contribution in [2.75, 3.05) is 0 Å². The van der Waals surface area contributed by atoms with Gasteiger partial charge in [0.1, 0.15) is 5.82 Å². The lowest BCUT2D eigenvalue weighted by molar-refractivity contribution is 0.416. The van der Waals surface area contributed by atoms with E-state index in [-0.39, 0.29) is 5.82 Å². The molecule has 2 aromatic rings. The molecule has 0 amide bonds. The zero-order valence-corrected chi connectivity index (χ0v) is 11.9. The molecule has 1 nitrogen and oxygen atoms in total. The summed E-state index contributed by atoms with van der Waals surface area (Å²) in [5, 5.41) is 0.512. The van der Waals surface area contributed by atoms with Crippen LogP contribution in [0.3, 0.4) is 0 Å². The normalized spacial score (nSPS) is 16.8. The van der Waals surface area contributed by atoms with Crippen LogP contribution < -0.4 is 5.73 Å². The molecule has 2 N–H and O–H groups in total. The molecule has 0 radical (unpaired) electrons. The van der Waals surface area contributed by atoms with E-state index >= 15 is 0 Å². The molecule has 1 fully saturated rings. The molecule has 0 bridgehead atoms. The van der Waals surface area contributed by atoms with Crippen molar-refractivity contribution in [1.29, 1.82) is 0 Å². The van der Waals surface area contributed by atoms with Crippen LogP contribution in [0.2, 0.25) is 5.02 Å². The maximum Gasteiger partial charge on any atom is 0.128 e. The van der Waals surface area contributed by atoms with Crippen LogP contribution in [-0.4, -0.2) is 0 Å². The van der Waals surface area contributed by atoms with Crippen LogP contribution in [0.4, 0.5) is 4.39 Å². The topological polar surface area (TPSA) is 26.0 Å². The first-order valence-electron chi connectivity index (χ1n) is 6.96. The maximum atomic E-state index is 14.0. The Bertz CT molecular complexity index is 622. The summed E-state index contributed by atoms with van der Waals surface area (Å²) in [4.78, 5) is 0. The van der Waals surface area contributed by atoms with Crippen molar-refractivity contribution >= 4 is 11.6 Å². The second-order valence-corrected chi connectivity index (χ2v) is 5.84. The second-order valence-electron chi connectivity index (χ2n) is 5.40. The van der Waals surface area contributed by atoms with E-state index < -0.39 is 6.04 Å². The highest BCUT2D eigenvalue weighted by molar-refractivity contribution is 6.30. The van der Waals surface area contributed by atoms with E-state index in [0.717, 1.165) is 5.56 Å². The van der Waals surface area contributed by atoms with Gasteiger partial charge >= 0.3 is 0 Å². The van der Waals surface area contributed by atoms with Gasteiger partial charge in [0, 0.05) is 10.6 Å². The third kappa shape index (κ3) is 2.46. The molecule has 1 atom stereocenters. The Morgan fingerprint density at radius 2 is 1.85 bits per heavy atom. The van der Waals surface area contributed by atoms with Gasteiger partial charge in [-0.25, -0.2) is 4.39 Å². The molecule has 3 rings (SSSR count). The fourth-order valence-electron chi connectivity index (χ4n) is 2.81. The Balaban J connectivity index is 2.01. The van der Waals surface area contributed by atoms with Crippen LogP contribution in [-0.2, 0) is 0 Å². The molecule has 0 spiro atoms. The molecular formula is C17H17ClFN. The molecule has 0 aromatic heterocycles. The minimum absolute atomic E-state index is 0.301. The first kappa shape index (κ1) is 13.6. The fourth-order valence-corrected chi connectivity index (χ4v) is 2.99. The summed E-state index contributed by atoms with van der Waals surface area (Å²) in [6.07, 6.45) is 3.66. The highest BCUT2D eigenvalue weighted by atomic mass is 35.5. The van der Waals surface area contributed by atoms with Crippen molar-refractivity contribution in [3.63, 3.8) is 0 Å². The summed E-state index contributed by atoms with van der Waals surface area (Å²) in [7, 11) is 0. The SMILES string of the molecule is NC(c1cc(Cl)ccc1F)c1ccccc1C1CCC1. The highest BCUT2D eigenvalue weighted by Crippen LogP contribution is 2.40. The number of hydrogen-bond donors (Lipinski definition) is 1. The standard InChI is InChI=1S/C17H17ClFN/c18-12-8-9-16(19)15(10-12)17(20)14-7-2-1-6-13(14)11-4-3-5-11/h1-2,6-11,17H,3-5,20H2. The quantitative estimate of drug-likeness (QED) is 0.863.